The molecule has 1 amide bonds. The quantitative estimate of drug-likeness (QED) is 0.429. The first-order valence-corrected chi connectivity index (χ1v) is 14.4. The van der Waals surface area contributed by atoms with Crippen LogP contribution in [0.25, 0.3) is 6.08 Å². The van der Waals surface area contributed by atoms with Crippen LogP contribution in [0, 0.1) is 0 Å². The monoisotopic (exact) mass is 555 g/mol. The normalized spacial score (nSPS) is 15.0. The number of nitrogens with zero attached hydrogens (tertiary/aromatic N) is 1. The van der Waals surface area contributed by atoms with Gasteiger partial charge in [0.2, 0.25) is 20.0 Å². The molecule has 0 unspecified atom stereocenters. The van der Waals surface area contributed by atoms with E-state index in [-0.39, 0.29) is 15.6 Å². The van der Waals surface area contributed by atoms with Crippen molar-refractivity contribution in [3.8, 4) is 0 Å². The van der Waals surface area contributed by atoms with Crippen LogP contribution in [0.2, 0.25) is 5.02 Å². The molecule has 1 fully saturated rings. The Labute approximate surface area is 215 Å². The van der Waals surface area contributed by atoms with E-state index in [2.05, 4.69) is 10.0 Å². The Morgan fingerprint density at radius 1 is 1.00 bits per heavy atom. The zero-order valence-electron chi connectivity index (χ0n) is 19.2. The molecule has 36 heavy (non-hydrogen) atoms. The molecule has 3 rings (SSSR count). The Bertz CT molecular complexity index is 1320. The van der Waals surface area contributed by atoms with E-state index < -0.39 is 45.1 Å². The van der Waals surface area contributed by atoms with Gasteiger partial charge >= 0.3 is 5.97 Å². The number of benzene rings is 2. The standard InChI is InChI=1S/C23H26ClN3O7S2/c24-20-10-9-19(36(32,33)27-12-5-2-6-13-27)15-21(20)26-22(28)17-34-23(29)16-25-35(30,31)14-11-18-7-3-1-4-8-18/h1,3-4,7-11,14-15,25H,2,5-6,12-13,16-17H2,(H,26,28)/b14-11+. The van der Waals surface area contributed by atoms with Crippen molar-refractivity contribution in [3.05, 3.63) is 64.5 Å². The average molecular weight is 556 g/mol. The minimum Gasteiger partial charge on any atom is -0.455 e. The maximum Gasteiger partial charge on any atom is 0.321 e. The summed E-state index contributed by atoms with van der Waals surface area (Å²) in [6.45, 7) is -0.554. The van der Waals surface area contributed by atoms with Crippen molar-refractivity contribution in [2.75, 3.05) is 31.6 Å². The van der Waals surface area contributed by atoms with Crippen molar-refractivity contribution in [3.63, 3.8) is 0 Å². The molecule has 2 aromatic carbocycles. The van der Waals surface area contributed by atoms with E-state index in [1.165, 1.54) is 28.6 Å². The average Bonchev–Trinajstić information content (AvgIpc) is 2.87. The molecular weight excluding hydrogens is 530 g/mol. The predicted molar refractivity (Wildman–Crippen MR) is 136 cm³/mol. The first kappa shape index (κ1) is 27.8. The molecule has 1 heterocycles. The summed E-state index contributed by atoms with van der Waals surface area (Å²) in [6, 6.07) is 12.7. The summed E-state index contributed by atoms with van der Waals surface area (Å²) in [6.07, 6.45) is 3.89. The summed E-state index contributed by atoms with van der Waals surface area (Å²) in [7, 11) is -7.65. The molecule has 0 aromatic heterocycles. The molecule has 2 N–H and O–H groups in total. The summed E-state index contributed by atoms with van der Waals surface area (Å²) in [4.78, 5) is 24.1. The van der Waals surface area contributed by atoms with Crippen LogP contribution in [-0.2, 0) is 34.4 Å². The van der Waals surface area contributed by atoms with Crippen LogP contribution in [0.3, 0.4) is 0 Å². The van der Waals surface area contributed by atoms with Crippen LogP contribution in [0.1, 0.15) is 24.8 Å². The number of carbonyl (C=O) groups excluding carboxylic acids is 2. The van der Waals surface area contributed by atoms with Crippen molar-refractivity contribution in [2.24, 2.45) is 0 Å². The molecule has 1 saturated heterocycles. The summed E-state index contributed by atoms with van der Waals surface area (Å²) in [5, 5.41) is 3.42. The smallest absolute Gasteiger partial charge is 0.321 e. The lowest BCUT2D eigenvalue weighted by Gasteiger charge is -2.26. The maximum absolute atomic E-state index is 12.9. The van der Waals surface area contributed by atoms with Gasteiger partial charge in [-0.25, -0.2) is 21.6 Å². The summed E-state index contributed by atoms with van der Waals surface area (Å²) in [5.41, 5.74) is 0.705. The molecule has 0 bridgehead atoms. The highest BCUT2D eigenvalue weighted by atomic mass is 35.5. The fraction of sp³-hybridized carbons (Fsp3) is 0.304. The molecule has 10 nitrogen and oxygen atoms in total. The highest BCUT2D eigenvalue weighted by molar-refractivity contribution is 7.92. The fourth-order valence-corrected chi connectivity index (χ4v) is 5.80. The lowest BCUT2D eigenvalue weighted by Crippen LogP contribution is -2.35. The number of hydrogen-bond donors (Lipinski definition) is 2. The summed E-state index contributed by atoms with van der Waals surface area (Å²) in [5.74, 6) is -1.75. The highest BCUT2D eigenvalue weighted by Gasteiger charge is 2.26. The second-order valence-electron chi connectivity index (χ2n) is 7.89. The molecule has 0 spiro atoms. The number of nitrogens with one attached hydrogen (secondary N) is 2. The Morgan fingerprint density at radius 2 is 1.69 bits per heavy atom. The van der Waals surface area contributed by atoms with Crippen LogP contribution in [0.15, 0.2) is 58.8 Å². The van der Waals surface area contributed by atoms with E-state index in [0.717, 1.165) is 24.7 Å². The van der Waals surface area contributed by atoms with E-state index in [9.17, 15) is 26.4 Å². The Morgan fingerprint density at radius 3 is 2.39 bits per heavy atom. The van der Waals surface area contributed by atoms with Crippen LogP contribution in [0.5, 0.6) is 0 Å². The first-order valence-electron chi connectivity index (χ1n) is 11.0. The molecule has 0 aliphatic carbocycles. The SMILES string of the molecule is O=C(COC(=O)CNS(=O)(=O)/C=C/c1ccccc1)Nc1cc(S(=O)(=O)N2CCCCC2)ccc1Cl. The predicted octanol–water partition coefficient (Wildman–Crippen LogP) is 2.59. The van der Waals surface area contributed by atoms with Gasteiger partial charge in [0.1, 0.15) is 6.54 Å². The van der Waals surface area contributed by atoms with E-state index in [4.69, 9.17) is 16.3 Å². The highest BCUT2D eigenvalue weighted by Crippen LogP contribution is 2.28. The molecular formula is C23H26ClN3O7S2. The molecule has 1 aliphatic rings. The zero-order chi connectivity index (χ0) is 26.2. The van der Waals surface area contributed by atoms with Crippen LogP contribution >= 0.6 is 11.6 Å². The number of amides is 1. The topological polar surface area (TPSA) is 139 Å². The minimum atomic E-state index is -3.91. The van der Waals surface area contributed by atoms with Gasteiger partial charge < -0.3 is 10.1 Å². The number of rotatable bonds is 10. The number of carbonyl (C=O) groups is 2. The number of halogens is 1. The van der Waals surface area contributed by atoms with E-state index in [1.807, 2.05) is 0 Å². The molecule has 194 valence electrons. The van der Waals surface area contributed by atoms with E-state index >= 15 is 0 Å². The maximum atomic E-state index is 12.9. The van der Waals surface area contributed by atoms with Crippen molar-refractivity contribution in [1.82, 2.24) is 9.03 Å². The number of hydrogen-bond acceptors (Lipinski definition) is 7. The van der Waals surface area contributed by atoms with Gasteiger partial charge in [-0.1, -0.05) is 48.4 Å². The second kappa shape index (κ2) is 12.5. The summed E-state index contributed by atoms with van der Waals surface area (Å²) < 4.78 is 58.0. The van der Waals surface area contributed by atoms with Crippen molar-refractivity contribution >= 4 is 55.3 Å². The Kier molecular flexibility index (Phi) is 9.63. The van der Waals surface area contributed by atoms with Crippen LogP contribution < -0.4 is 10.0 Å². The van der Waals surface area contributed by atoms with Crippen molar-refractivity contribution in [1.29, 1.82) is 0 Å². The van der Waals surface area contributed by atoms with E-state index in [0.29, 0.717) is 18.7 Å². The van der Waals surface area contributed by atoms with Gasteiger partial charge in [0.05, 0.1) is 15.6 Å². The lowest BCUT2D eigenvalue weighted by atomic mass is 10.2. The van der Waals surface area contributed by atoms with Crippen molar-refractivity contribution < 1.29 is 31.2 Å². The largest absolute Gasteiger partial charge is 0.455 e. The fourth-order valence-electron chi connectivity index (χ4n) is 3.34. The van der Waals surface area contributed by atoms with Gasteiger partial charge in [0, 0.05) is 18.5 Å². The first-order chi connectivity index (χ1) is 17.1. The van der Waals surface area contributed by atoms with Crippen molar-refractivity contribution in [2.45, 2.75) is 24.2 Å². The van der Waals surface area contributed by atoms with Crippen LogP contribution in [0.4, 0.5) is 5.69 Å². The third-order valence-electron chi connectivity index (χ3n) is 5.19. The van der Waals surface area contributed by atoms with E-state index in [1.54, 1.807) is 30.3 Å². The van der Waals surface area contributed by atoms with Gasteiger partial charge in [-0.3, -0.25) is 9.59 Å². The number of esters is 1. The molecule has 2 aromatic rings. The lowest BCUT2D eigenvalue weighted by molar-refractivity contribution is -0.146. The third-order valence-corrected chi connectivity index (χ3v) is 8.45. The Balaban J connectivity index is 1.51. The summed E-state index contributed by atoms with van der Waals surface area (Å²) >= 11 is 6.10. The van der Waals surface area contributed by atoms with Gasteiger partial charge in [-0.15, -0.1) is 0 Å². The Hall–Kier alpha value is -2.77. The number of sulfonamides is 2. The van der Waals surface area contributed by atoms with Gasteiger partial charge in [0.25, 0.3) is 5.91 Å². The van der Waals surface area contributed by atoms with Gasteiger partial charge in [-0.2, -0.15) is 4.31 Å². The second-order valence-corrected chi connectivity index (χ2v) is 11.9. The zero-order valence-corrected chi connectivity index (χ0v) is 21.6. The number of anilines is 1. The number of piperidine rings is 1. The molecule has 0 radical (unpaired) electrons. The van der Waals surface area contributed by atoms with Gasteiger partial charge in [0.15, 0.2) is 6.61 Å². The van der Waals surface area contributed by atoms with Gasteiger partial charge in [-0.05, 0) is 42.7 Å². The number of ether oxygens (including phenoxy) is 1. The molecule has 1 aliphatic heterocycles. The molecule has 0 saturated carbocycles. The third kappa shape index (κ3) is 8.14. The van der Waals surface area contributed by atoms with Crippen LogP contribution in [-0.4, -0.2) is 59.3 Å². The molecule has 0 atom stereocenters. The minimum absolute atomic E-state index is 0.0148. The molecule has 13 heteroatoms.